The molecule has 0 fully saturated rings. The summed E-state index contributed by atoms with van der Waals surface area (Å²) in [5.74, 6) is -0.0775. The van der Waals surface area contributed by atoms with Crippen LogP contribution in [0.3, 0.4) is 0 Å². The average molecular weight is 341 g/mol. The first kappa shape index (κ1) is 14.8. The summed E-state index contributed by atoms with van der Waals surface area (Å²) < 4.78 is 1.76. The maximum absolute atomic E-state index is 12.0. The van der Waals surface area contributed by atoms with Crippen LogP contribution in [0.5, 0.6) is 0 Å². The maximum Gasteiger partial charge on any atom is 0.269 e. The van der Waals surface area contributed by atoms with Gasteiger partial charge in [0.25, 0.3) is 5.91 Å². The molecule has 0 aliphatic carbocycles. The summed E-state index contributed by atoms with van der Waals surface area (Å²) in [5, 5.41) is 9.63. The number of hydrogen-bond donors (Lipinski definition) is 1. The number of carbonyl (C=O) groups is 1. The molecule has 0 bridgehead atoms. The van der Waals surface area contributed by atoms with Gasteiger partial charge in [-0.05, 0) is 35.7 Å². The Morgan fingerprint density at radius 1 is 0.923 bits per heavy atom. The quantitative estimate of drug-likeness (QED) is 0.608. The molecule has 3 aromatic heterocycles. The van der Waals surface area contributed by atoms with Crippen LogP contribution in [-0.2, 0) is 6.54 Å². The van der Waals surface area contributed by atoms with E-state index >= 15 is 0 Å². The highest BCUT2D eigenvalue weighted by Gasteiger charge is 2.20. The summed E-state index contributed by atoms with van der Waals surface area (Å²) in [5.41, 5.74) is 4.21. The Kier molecular flexibility index (Phi) is 3.28. The predicted molar refractivity (Wildman–Crippen MR) is 98.5 cm³/mol. The number of rotatable bonds is 2. The molecule has 126 valence electrons. The Balaban J connectivity index is 1.57. The van der Waals surface area contributed by atoms with E-state index in [9.17, 15) is 4.79 Å². The van der Waals surface area contributed by atoms with E-state index in [0.717, 1.165) is 33.3 Å². The van der Waals surface area contributed by atoms with Gasteiger partial charge in [0.05, 0.1) is 17.9 Å². The lowest BCUT2D eigenvalue weighted by atomic mass is 10.0. The van der Waals surface area contributed by atoms with Crippen molar-refractivity contribution in [2.24, 2.45) is 0 Å². The molecule has 1 aromatic carbocycles. The zero-order valence-corrected chi connectivity index (χ0v) is 13.9. The first-order chi connectivity index (χ1) is 12.8. The third-order valence-corrected chi connectivity index (χ3v) is 4.61. The molecule has 0 atom stereocenters. The summed E-state index contributed by atoms with van der Waals surface area (Å²) in [4.78, 5) is 20.6. The van der Waals surface area contributed by atoms with Gasteiger partial charge in [-0.25, -0.2) is 0 Å². The van der Waals surface area contributed by atoms with Crippen LogP contribution < -0.4 is 5.32 Å². The zero-order chi connectivity index (χ0) is 17.5. The third-order valence-electron chi connectivity index (χ3n) is 4.61. The first-order valence-electron chi connectivity index (χ1n) is 8.44. The number of amides is 1. The van der Waals surface area contributed by atoms with Crippen LogP contribution in [0.4, 0.5) is 0 Å². The molecule has 0 spiro atoms. The van der Waals surface area contributed by atoms with E-state index < -0.39 is 0 Å². The van der Waals surface area contributed by atoms with Crippen molar-refractivity contribution in [2.75, 3.05) is 6.54 Å². The molecule has 0 saturated carbocycles. The van der Waals surface area contributed by atoms with Gasteiger partial charge in [0, 0.05) is 41.6 Å². The second-order valence-electron chi connectivity index (χ2n) is 6.26. The third kappa shape index (κ3) is 2.43. The molecular formula is C20H15N5O. The normalized spacial score (nSPS) is 13.5. The van der Waals surface area contributed by atoms with Gasteiger partial charge in [-0.2, -0.15) is 5.10 Å². The second-order valence-corrected chi connectivity index (χ2v) is 6.26. The van der Waals surface area contributed by atoms with Gasteiger partial charge in [0.1, 0.15) is 5.69 Å². The molecule has 5 rings (SSSR count). The maximum atomic E-state index is 12.0. The Hall–Kier alpha value is -3.54. The summed E-state index contributed by atoms with van der Waals surface area (Å²) in [6.07, 6.45) is 5.42. The smallest absolute Gasteiger partial charge is 0.269 e. The van der Waals surface area contributed by atoms with Gasteiger partial charge in [0.2, 0.25) is 0 Å². The van der Waals surface area contributed by atoms with Gasteiger partial charge < -0.3 is 5.32 Å². The van der Waals surface area contributed by atoms with Crippen LogP contribution in [-0.4, -0.2) is 32.2 Å². The lowest BCUT2D eigenvalue weighted by molar-refractivity contribution is 0.0924. The van der Waals surface area contributed by atoms with Crippen molar-refractivity contribution in [1.29, 1.82) is 0 Å². The minimum absolute atomic E-state index is 0.0775. The fraction of sp³-hybridized carbons (Fsp3) is 0.100. The van der Waals surface area contributed by atoms with Crippen molar-refractivity contribution in [3.63, 3.8) is 0 Å². The molecular weight excluding hydrogens is 326 g/mol. The van der Waals surface area contributed by atoms with Crippen LogP contribution >= 0.6 is 0 Å². The van der Waals surface area contributed by atoms with Crippen molar-refractivity contribution >= 4 is 16.7 Å². The number of nitrogens with one attached hydrogen (secondary N) is 1. The van der Waals surface area contributed by atoms with Crippen molar-refractivity contribution in [3.05, 3.63) is 66.7 Å². The largest absolute Gasteiger partial charge is 0.349 e. The molecule has 4 heterocycles. The number of aromatic nitrogens is 4. The number of pyridine rings is 2. The fourth-order valence-corrected chi connectivity index (χ4v) is 3.27. The minimum atomic E-state index is -0.0775. The SMILES string of the molecule is O=C1NCCn2nc(-c3ccnc(-c4ccc5ccncc5c4)c3)cc21. The molecule has 1 N–H and O–H groups in total. The van der Waals surface area contributed by atoms with Crippen LogP contribution in [0.1, 0.15) is 10.5 Å². The van der Waals surface area contributed by atoms with Gasteiger partial charge >= 0.3 is 0 Å². The van der Waals surface area contributed by atoms with Gasteiger partial charge in [0.15, 0.2) is 0 Å². The molecule has 0 unspecified atom stereocenters. The molecule has 6 heteroatoms. The lowest BCUT2D eigenvalue weighted by Crippen LogP contribution is -2.35. The number of nitrogens with zero attached hydrogens (tertiary/aromatic N) is 4. The van der Waals surface area contributed by atoms with E-state index in [-0.39, 0.29) is 5.91 Å². The van der Waals surface area contributed by atoms with Gasteiger partial charge in [-0.15, -0.1) is 0 Å². The second kappa shape index (κ2) is 5.77. The standard InChI is InChI=1S/C20H15N5O/c26-20-19-11-18(24-25(19)8-7-23-20)15-4-6-22-17(10-15)14-2-1-13-3-5-21-12-16(13)9-14/h1-6,9-12H,7-8H2,(H,23,26). The Labute approximate surface area is 149 Å². The highest BCUT2D eigenvalue weighted by Crippen LogP contribution is 2.27. The Morgan fingerprint density at radius 2 is 1.85 bits per heavy atom. The topological polar surface area (TPSA) is 72.7 Å². The monoisotopic (exact) mass is 341 g/mol. The van der Waals surface area contributed by atoms with Gasteiger partial charge in [-0.1, -0.05) is 12.1 Å². The average Bonchev–Trinajstić information content (AvgIpc) is 3.14. The van der Waals surface area contributed by atoms with Crippen LogP contribution in [0.2, 0.25) is 0 Å². The molecule has 4 aromatic rings. The van der Waals surface area contributed by atoms with E-state index in [1.54, 1.807) is 17.1 Å². The molecule has 0 radical (unpaired) electrons. The van der Waals surface area contributed by atoms with Crippen LogP contribution in [0.15, 0.2) is 61.1 Å². The van der Waals surface area contributed by atoms with Crippen molar-refractivity contribution in [1.82, 2.24) is 25.1 Å². The molecule has 1 aliphatic rings. The molecule has 6 nitrogen and oxygen atoms in total. The zero-order valence-electron chi connectivity index (χ0n) is 13.9. The van der Waals surface area contributed by atoms with E-state index in [0.29, 0.717) is 18.8 Å². The number of fused-ring (bicyclic) bond motifs is 2. The number of carbonyl (C=O) groups excluding carboxylic acids is 1. The minimum Gasteiger partial charge on any atom is -0.349 e. The fourth-order valence-electron chi connectivity index (χ4n) is 3.27. The van der Waals surface area contributed by atoms with E-state index in [2.05, 4.69) is 38.6 Å². The van der Waals surface area contributed by atoms with Crippen LogP contribution in [0, 0.1) is 0 Å². The molecule has 1 amide bonds. The van der Waals surface area contributed by atoms with E-state index in [1.807, 2.05) is 30.5 Å². The predicted octanol–water partition coefficient (Wildman–Crippen LogP) is 2.90. The summed E-state index contributed by atoms with van der Waals surface area (Å²) >= 11 is 0. The van der Waals surface area contributed by atoms with E-state index in [1.165, 1.54) is 0 Å². The number of hydrogen-bond acceptors (Lipinski definition) is 4. The van der Waals surface area contributed by atoms with Crippen molar-refractivity contribution < 1.29 is 4.79 Å². The van der Waals surface area contributed by atoms with E-state index in [4.69, 9.17) is 0 Å². The highest BCUT2D eigenvalue weighted by atomic mass is 16.2. The Bertz CT molecular complexity index is 1150. The molecule has 1 aliphatic heterocycles. The van der Waals surface area contributed by atoms with Crippen molar-refractivity contribution in [2.45, 2.75) is 6.54 Å². The summed E-state index contributed by atoms with van der Waals surface area (Å²) in [7, 11) is 0. The van der Waals surface area contributed by atoms with Crippen LogP contribution in [0.25, 0.3) is 33.3 Å². The summed E-state index contributed by atoms with van der Waals surface area (Å²) in [6, 6.07) is 13.9. The van der Waals surface area contributed by atoms with Gasteiger partial charge in [-0.3, -0.25) is 19.4 Å². The first-order valence-corrected chi connectivity index (χ1v) is 8.44. The summed E-state index contributed by atoms with van der Waals surface area (Å²) in [6.45, 7) is 1.30. The highest BCUT2D eigenvalue weighted by molar-refractivity contribution is 5.94. The number of benzene rings is 1. The Morgan fingerprint density at radius 3 is 2.77 bits per heavy atom. The molecule has 26 heavy (non-hydrogen) atoms. The van der Waals surface area contributed by atoms with Crippen molar-refractivity contribution in [3.8, 4) is 22.5 Å². The lowest BCUT2D eigenvalue weighted by Gasteiger charge is -2.13. The molecule has 0 saturated heterocycles.